The van der Waals surface area contributed by atoms with E-state index in [9.17, 15) is 14.4 Å². The number of nitriles is 1. The van der Waals surface area contributed by atoms with E-state index in [0.717, 1.165) is 0 Å². The number of hydrogen-bond acceptors (Lipinski definition) is 5. The number of hydrogen-bond donors (Lipinski definition) is 2. The molecule has 1 aliphatic heterocycles. The van der Waals surface area contributed by atoms with Crippen molar-refractivity contribution in [3.63, 3.8) is 0 Å². The summed E-state index contributed by atoms with van der Waals surface area (Å²) in [5.74, 6) is -1.20. The van der Waals surface area contributed by atoms with Crippen molar-refractivity contribution in [2.45, 2.75) is 37.8 Å². The molecule has 0 aromatic carbocycles. The number of ether oxygens (including phenoxy) is 1. The van der Waals surface area contributed by atoms with Crippen molar-refractivity contribution >= 4 is 17.8 Å². The van der Waals surface area contributed by atoms with Crippen molar-refractivity contribution in [2.75, 3.05) is 7.11 Å². The molecule has 2 atom stereocenters. The number of nitrogens with zero attached hydrogens (tertiary/aromatic N) is 1. The topological polar surface area (TPSA) is 108 Å². The van der Waals surface area contributed by atoms with Crippen molar-refractivity contribution < 1.29 is 19.1 Å². The predicted octanol–water partition coefficient (Wildman–Crippen LogP) is -0.773. The zero-order valence-electron chi connectivity index (χ0n) is 10.1. The molecule has 1 rings (SSSR count). The van der Waals surface area contributed by atoms with E-state index >= 15 is 0 Å². The van der Waals surface area contributed by atoms with Gasteiger partial charge >= 0.3 is 5.97 Å². The van der Waals surface area contributed by atoms with Gasteiger partial charge in [0.25, 0.3) is 0 Å². The molecular formula is C11H15N3O4. The summed E-state index contributed by atoms with van der Waals surface area (Å²) in [4.78, 5) is 34.1. The van der Waals surface area contributed by atoms with Gasteiger partial charge in [-0.3, -0.25) is 9.59 Å². The van der Waals surface area contributed by atoms with Crippen LogP contribution in [0, 0.1) is 11.3 Å². The second-order valence-corrected chi connectivity index (χ2v) is 3.94. The molecule has 0 aromatic heterocycles. The second-order valence-electron chi connectivity index (χ2n) is 3.94. The molecule has 7 heteroatoms. The fraction of sp³-hybridized carbons (Fsp3) is 0.636. The fourth-order valence-electron chi connectivity index (χ4n) is 1.68. The number of rotatable bonds is 5. The molecule has 1 aliphatic rings. The lowest BCUT2D eigenvalue weighted by Crippen LogP contribution is -2.49. The van der Waals surface area contributed by atoms with Crippen molar-refractivity contribution in [2.24, 2.45) is 0 Å². The first kappa shape index (κ1) is 14.0. The highest BCUT2D eigenvalue weighted by molar-refractivity contribution is 5.93. The van der Waals surface area contributed by atoms with E-state index < -0.39 is 24.0 Å². The van der Waals surface area contributed by atoms with Crippen LogP contribution in [0.15, 0.2) is 0 Å². The van der Waals surface area contributed by atoms with Gasteiger partial charge in [0.15, 0.2) is 0 Å². The van der Waals surface area contributed by atoms with Gasteiger partial charge in [-0.25, -0.2) is 4.79 Å². The molecule has 1 fully saturated rings. The first-order valence-electron chi connectivity index (χ1n) is 5.63. The van der Waals surface area contributed by atoms with E-state index in [1.165, 1.54) is 7.11 Å². The molecule has 0 bridgehead atoms. The first-order valence-corrected chi connectivity index (χ1v) is 5.63. The fourth-order valence-corrected chi connectivity index (χ4v) is 1.68. The second kappa shape index (κ2) is 6.59. The van der Waals surface area contributed by atoms with Gasteiger partial charge in [-0.05, 0) is 12.8 Å². The normalized spacial score (nSPS) is 19.6. The Labute approximate surface area is 104 Å². The minimum absolute atomic E-state index is 0.136. The number of carbonyl (C=O) groups excluding carboxylic acids is 3. The van der Waals surface area contributed by atoms with Gasteiger partial charge in [0, 0.05) is 12.8 Å². The van der Waals surface area contributed by atoms with Gasteiger partial charge in [0.2, 0.25) is 11.8 Å². The Kier molecular flexibility index (Phi) is 5.11. The Balaban J connectivity index is 2.54. The third-order valence-corrected chi connectivity index (χ3v) is 2.66. The lowest BCUT2D eigenvalue weighted by molar-refractivity contribution is -0.145. The third-order valence-electron chi connectivity index (χ3n) is 2.66. The quantitative estimate of drug-likeness (QED) is 0.625. The van der Waals surface area contributed by atoms with Gasteiger partial charge < -0.3 is 15.4 Å². The summed E-state index contributed by atoms with van der Waals surface area (Å²) in [7, 11) is 1.21. The third kappa shape index (κ3) is 3.73. The molecule has 0 saturated carbocycles. The Morgan fingerprint density at radius 3 is 2.89 bits per heavy atom. The SMILES string of the molecule is COC(=O)[C@H](CCC#N)NC(=O)[C@H]1CCC(=O)N1. The maximum atomic E-state index is 11.8. The standard InChI is InChI=1S/C11H15N3O4/c1-18-11(17)8(3-2-6-12)14-10(16)7-4-5-9(15)13-7/h7-8H,2-5H2,1H3,(H,13,15)(H,14,16)/t7-,8+/m1/s1. The van der Waals surface area contributed by atoms with Crippen molar-refractivity contribution in [3.8, 4) is 6.07 Å². The van der Waals surface area contributed by atoms with Gasteiger partial charge in [-0.2, -0.15) is 5.26 Å². The molecule has 18 heavy (non-hydrogen) atoms. The lowest BCUT2D eigenvalue weighted by Gasteiger charge is -2.17. The first-order chi connectivity index (χ1) is 8.58. The van der Waals surface area contributed by atoms with E-state index in [1.54, 1.807) is 0 Å². The van der Waals surface area contributed by atoms with Crippen LogP contribution in [0.3, 0.4) is 0 Å². The van der Waals surface area contributed by atoms with E-state index in [1.807, 2.05) is 6.07 Å². The largest absolute Gasteiger partial charge is 0.467 e. The molecule has 1 heterocycles. The van der Waals surface area contributed by atoms with Crippen LogP contribution in [0.4, 0.5) is 0 Å². The summed E-state index contributed by atoms with van der Waals surface area (Å²) in [5.41, 5.74) is 0. The number of methoxy groups -OCH3 is 1. The van der Waals surface area contributed by atoms with Gasteiger partial charge in [0.1, 0.15) is 12.1 Å². The molecule has 0 aliphatic carbocycles. The molecule has 98 valence electrons. The molecule has 0 unspecified atom stereocenters. The number of esters is 1. The average Bonchev–Trinajstić information content (AvgIpc) is 2.80. The zero-order chi connectivity index (χ0) is 13.5. The van der Waals surface area contributed by atoms with Crippen LogP contribution in [-0.2, 0) is 19.1 Å². The Hall–Kier alpha value is -2.10. The summed E-state index contributed by atoms with van der Waals surface area (Å²) in [6.45, 7) is 0. The summed E-state index contributed by atoms with van der Waals surface area (Å²) in [6, 6.07) is 0.446. The Morgan fingerprint density at radius 1 is 1.67 bits per heavy atom. The summed E-state index contributed by atoms with van der Waals surface area (Å²) >= 11 is 0. The number of carbonyl (C=O) groups is 3. The zero-order valence-corrected chi connectivity index (χ0v) is 10.1. The van der Waals surface area contributed by atoms with Gasteiger partial charge in [-0.15, -0.1) is 0 Å². The smallest absolute Gasteiger partial charge is 0.328 e. The maximum Gasteiger partial charge on any atom is 0.328 e. The van der Waals surface area contributed by atoms with Crippen LogP contribution >= 0.6 is 0 Å². The highest BCUT2D eigenvalue weighted by Crippen LogP contribution is 2.08. The van der Waals surface area contributed by atoms with Crippen LogP contribution in [-0.4, -0.2) is 37.0 Å². The molecule has 0 spiro atoms. The number of nitrogens with one attached hydrogen (secondary N) is 2. The molecule has 2 N–H and O–H groups in total. The van der Waals surface area contributed by atoms with Crippen LogP contribution in [0.5, 0.6) is 0 Å². The van der Waals surface area contributed by atoms with E-state index in [2.05, 4.69) is 15.4 Å². The monoisotopic (exact) mass is 253 g/mol. The van der Waals surface area contributed by atoms with Gasteiger partial charge in [-0.1, -0.05) is 0 Å². The minimum atomic E-state index is -0.848. The van der Waals surface area contributed by atoms with Crippen molar-refractivity contribution in [1.82, 2.24) is 10.6 Å². The Morgan fingerprint density at radius 2 is 2.39 bits per heavy atom. The molecule has 1 saturated heterocycles. The van der Waals surface area contributed by atoms with E-state index in [0.29, 0.717) is 12.8 Å². The highest BCUT2D eigenvalue weighted by Gasteiger charge is 2.30. The molecule has 7 nitrogen and oxygen atoms in total. The summed E-state index contributed by atoms with van der Waals surface area (Å²) in [6.07, 6.45) is 1.04. The highest BCUT2D eigenvalue weighted by atomic mass is 16.5. The lowest BCUT2D eigenvalue weighted by atomic mass is 10.1. The summed E-state index contributed by atoms with van der Waals surface area (Å²) in [5, 5.41) is 13.5. The van der Waals surface area contributed by atoms with E-state index in [4.69, 9.17) is 5.26 Å². The Bertz CT molecular complexity index is 388. The molecule has 2 amide bonds. The van der Waals surface area contributed by atoms with Crippen LogP contribution in [0.25, 0.3) is 0 Å². The molecular weight excluding hydrogens is 238 g/mol. The average molecular weight is 253 g/mol. The number of amides is 2. The predicted molar refractivity (Wildman–Crippen MR) is 60.0 cm³/mol. The van der Waals surface area contributed by atoms with Crippen LogP contribution in [0.1, 0.15) is 25.7 Å². The minimum Gasteiger partial charge on any atom is -0.467 e. The summed E-state index contributed by atoms with van der Waals surface area (Å²) < 4.78 is 4.54. The van der Waals surface area contributed by atoms with E-state index in [-0.39, 0.29) is 18.7 Å². The van der Waals surface area contributed by atoms with Crippen molar-refractivity contribution in [1.29, 1.82) is 5.26 Å². The maximum absolute atomic E-state index is 11.8. The molecule has 0 aromatic rings. The van der Waals surface area contributed by atoms with Gasteiger partial charge in [0.05, 0.1) is 13.2 Å². The van der Waals surface area contributed by atoms with Crippen LogP contribution < -0.4 is 10.6 Å². The van der Waals surface area contributed by atoms with Crippen LogP contribution in [0.2, 0.25) is 0 Å². The van der Waals surface area contributed by atoms with Crippen molar-refractivity contribution in [3.05, 3.63) is 0 Å². The molecule has 0 radical (unpaired) electrons.